The summed E-state index contributed by atoms with van der Waals surface area (Å²) in [6.45, 7) is 5.87. The van der Waals surface area contributed by atoms with Crippen molar-refractivity contribution < 1.29 is 14.3 Å². The molecule has 0 spiro atoms. The highest BCUT2D eigenvalue weighted by molar-refractivity contribution is 5.97. The second-order valence-electron chi connectivity index (χ2n) is 3.73. The van der Waals surface area contributed by atoms with Crippen molar-refractivity contribution in [1.29, 1.82) is 0 Å². The van der Waals surface area contributed by atoms with Crippen LogP contribution in [0.1, 0.15) is 26.3 Å². The van der Waals surface area contributed by atoms with Crippen molar-refractivity contribution in [1.82, 2.24) is 0 Å². The van der Waals surface area contributed by atoms with Gasteiger partial charge in [-0.05, 0) is 50.1 Å². The van der Waals surface area contributed by atoms with Gasteiger partial charge in [0.25, 0.3) is 0 Å². The molecule has 0 N–H and O–H groups in total. The van der Waals surface area contributed by atoms with Gasteiger partial charge in [-0.3, -0.25) is 4.79 Å². The van der Waals surface area contributed by atoms with Crippen LogP contribution in [0.3, 0.4) is 0 Å². The van der Waals surface area contributed by atoms with Crippen molar-refractivity contribution in [3.8, 4) is 11.5 Å². The lowest BCUT2D eigenvalue weighted by molar-refractivity contribution is -0.113. The van der Waals surface area contributed by atoms with Gasteiger partial charge in [0.1, 0.15) is 0 Å². The van der Waals surface area contributed by atoms with E-state index >= 15 is 0 Å². The largest absolute Gasteiger partial charge is 0.493 e. The topological polar surface area (TPSA) is 35.5 Å². The second-order valence-corrected chi connectivity index (χ2v) is 3.73. The average molecular weight is 234 g/mol. The van der Waals surface area contributed by atoms with Gasteiger partial charge in [0.2, 0.25) is 0 Å². The first-order chi connectivity index (χ1) is 8.08. The minimum absolute atomic E-state index is 0.0675. The zero-order valence-electron chi connectivity index (χ0n) is 10.7. The molecule has 0 bridgehead atoms. The van der Waals surface area contributed by atoms with Crippen LogP contribution in [-0.4, -0.2) is 19.5 Å². The molecule has 0 aliphatic rings. The van der Waals surface area contributed by atoms with E-state index in [1.807, 2.05) is 31.2 Å². The molecule has 3 heteroatoms. The van der Waals surface area contributed by atoms with Crippen LogP contribution in [0.5, 0.6) is 11.5 Å². The first-order valence-corrected chi connectivity index (χ1v) is 5.58. The Morgan fingerprint density at radius 3 is 2.53 bits per heavy atom. The van der Waals surface area contributed by atoms with Crippen molar-refractivity contribution in [2.75, 3.05) is 13.7 Å². The number of methoxy groups -OCH3 is 1. The van der Waals surface area contributed by atoms with Gasteiger partial charge in [0.15, 0.2) is 17.3 Å². The van der Waals surface area contributed by atoms with Crippen molar-refractivity contribution >= 4 is 11.9 Å². The molecule has 0 amide bonds. The van der Waals surface area contributed by atoms with E-state index in [4.69, 9.17) is 9.47 Å². The molecular weight excluding hydrogens is 216 g/mol. The third kappa shape index (κ3) is 3.63. The zero-order valence-corrected chi connectivity index (χ0v) is 10.7. The monoisotopic (exact) mass is 234 g/mol. The van der Waals surface area contributed by atoms with Gasteiger partial charge in [-0.15, -0.1) is 0 Å². The van der Waals surface area contributed by atoms with Crippen LogP contribution in [0.25, 0.3) is 6.08 Å². The highest BCUT2D eigenvalue weighted by Crippen LogP contribution is 2.28. The fourth-order valence-electron chi connectivity index (χ4n) is 1.40. The van der Waals surface area contributed by atoms with E-state index in [0.717, 1.165) is 11.1 Å². The Bertz CT molecular complexity index is 433. The van der Waals surface area contributed by atoms with Crippen LogP contribution in [0, 0.1) is 0 Å². The summed E-state index contributed by atoms with van der Waals surface area (Å²) in [6, 6.07) is 5.61. The molecule has 0 heterocycles. The predicted molar refractivity (Wildman–Crippen MR) is 68.5 cm³/mol. The quantitative estimate of drug-likeness (QED) is 0.734. The lowest BCUT2D eigenvalue weighted by atomic mass is 10.1. The van der Waals surface area contributed by atoms with Crippen LogP contribution < -0.4 is 9.47 Å². The maximum atomic E-state index is 11.1. The van der Waals surface area contributed by atoms with E-state index in [2.05, 4.69) is 0 Å². The van der Waals surface area contributed by atoms with Gasteiger partial charge < -0.3 is 9.47 Å². The summed E-state index contributed by atoms with van der Waals surface area (Å²) in [5, 5.41) is 0. The molecule has 1 rings (SSSR count). The Labute approximate surface area is 102 Å². The Morgan fingerprint density at radius 2 is 2.00 bits per heavy atom. The fraction of sp³-hybridized carbons (Fsp3) is 0.357. The third-order valence-electron chi connectivity index (χ3n) is 2.43. The predicted octanol–water partition coefficient (Wildman–Crippen LogP) is 3.09. The summed E-state index contributed by atoms with van der Waals surface area (Å²) in [4.78, 5) is 11.1. The molecule has 0 fully saturated rings. The number of hydrogen-bond acceptors (Lipinski definition) is 3. The molecule has 1 aromatic carbocycles. The smallest absolute Gasteiger partial charge is 0.161 e. The number of ether oxygens (including phenoxy) is 2. The Morgan fingerprint density at radius 1 is 1.29 bits per heavy atom. The lowest BCUT2D eigenvalue weighted by Gasteiger charge is -2.09. The van der Waals surface area contributed by atoms with E-state index in [9.17, 15) is 4.79 Å². The fourth-order valence-corrected chi connectivity index (χ4v) is 1.40. The maximum absolute atomic E-state index is 11.1. The first-order valence-electron chi connectivity index (χ1n) is 5.58. The molecule has 0 atom stereocenters. The molecule has 92 valence electrons. The standard InChI is InChI=1S/C14H18O3/c1-5-17-13-7-6-12(9-14(13)16-4)8-10(2)11(3)15/h6-9H,5H2,1-4H3/b10-8-. The summed E-state index contributed by atoms with van der Waals surface area (Å²) in [7, 11) is 1.60. The molecule has 0 saturated carbocycles. The summed E-state index contributed by atoms with van der Waals surface area (Å²) < 4.78 is 10.7. The van der Waals surface area contributed by atoms with Gasteiger partial charge in [0.05, 0.1) is 13.7 Å². The first kappa shape index (κ1) is 13.3. The van der Waals surface area contributed by atoms with E-state index in [1.165, 1.54) is 0 Å². The number of benzene rings is 1. The molecule has 0 unspecified atom stereocenters. The normalized spacial score (nSPS) is 11.2. The lowest BCUT2D eigenvalue weighted by Crippen LogP contribution is -1.96. The summed E-state index contributed by atoms with van der Waals surface area (Å²) in [6.07, 6.45) is 1.83. The van der Waals surface area contributed by atoms with Crippen LogP contribution in [-0.2, 0) is 4.79 Å². The molecule has 3 nitrogen and oxygen atoms in total. The Balaban J connectivity index is 3.05. The van der Waals surface area contributed by atoms with E-state index in [1.54, 1.807) is 21.0 Å². The number of ketones is 1. The van der Waals surface area contributed by atoms with Gasteiger partial charge in [-0.25, -0.2) is 0 Å². The average Bonchev–Trinajstić information content (AvgIpc) is 2.31. The SMILES string of the molecule is CCOc1ccc(/C=C(/C)C(C)=O)cc1OC. The van der Waals surface area contributed by atoms with Crippen LogP contribution in [0.4, 0.5) is 0 Å². The summed E-state index contributed by atoms with van der Waals surface area (Å²) in [5.74, 6) is 1.46. The number of Topliss-reactive ketones (excluding diaryl/α,β-unsaturated/α-hetero) is 1. The second kappa shape index (κ2) is 6.09. The highest BCUT2D eigenvalue weighted by atomic mass is 16.5. The Hall–Kier alpha value is -1.77. The Kier molecular flexibility index (Phi) is 4.76. The number of rotatable bonds is 5. The molecular formula is C14H18O3. The number of carbonyl (C=O) groups is 1. The zero-order chi connectivity index (χ0) is 12.8. The molecule has 0 aliphatic carbocycles. The van der Waals surface area contributed by atoms with Gasteiger partial charge >= 0.3 is 0 Å². The molecule has 0 aromatic heterocycles. The summed E-state index contributed by atoms with van der Waals surface area (Å²) in [5.41, 5.74) is 1.65. The third-order valence-corrected chi connectivity index (χ3v) is 2.43. The molecule has 0 saturated heterocycles. The summed E-state index contributed by atoms with van der Waals surface area (Å²) >= 11 is 0. The van der Waals surface area contributed by atoms with Crippen molar-refractivity contribution in [3.05, 3.63) is 29.3 Å². The van der Waals surface area contributed by atoms with Crippen molar-refractivity contribution in [2.45, 2.75) is 20.8 Å². The maximum Gasteiger partial charge on any atom is 0.161 e. The van der Waals surface area contributed by atoms with E-state index in [0.29, 0.717) is 18.1 Å². The van der Waals surface area contributed by atoms with E-state index < -0.39 is 0 Å². The van der Waals surface area contributed by atoms with Gasteiger partial charge in [0, 0.05) is 0 Å². The van der Waals surface area contributed by atoms with Crippen LogP contribution in [0.2, 0.25) is 0 Å². The van der Waals surface area contributed by atoms with E-state index in [-0.39, 0.29) is 5.78 Å². The minimum Gasteiger partial charge on any atom is -0.493 e. The number of hydrogen-bond donors (Lipinski definition) is 0. The van der Waals surface area contributed by atoms with Gasteiger partial charge in [-0.1, -0.05) is 6.07 Å². The highest BCUT2D eigenvalue weighted by Gasteiger charge is 2.05. The number of allylic oxidation sites excluding steroid dienone is 1. The molecule has 0 radical (unpaired) electrons. The van der Waals surface area contributed by atoms with Crippen LogP contribution in [0.15, 0.2) is 23.8 Å². The van der Waals surface area contributed by atoms with Crippen molar-refractivity contribution in [2.24, 2.45) is 0 Å². The molecule has 0 aliphatic heterocycles. The van der Waals surface area contributed by atoms with Crippen LogP contribution >= 0.6 is 0 Å². The number of carbonyl (C=O) groups excluding carboxylic acids is 1. The van der Waals surface area contributed by atoms with Crippen molar-refractivity contribution in [3.63, 3.8) is 0 Å². The molecule has 17 heavy (non-hydrogen) atoms. The minimum atomic E-state index is 0.0675. The molecule has 1 aromatic rings. The van der Waals surface area contributed by atoms with Gasteiger partial charge in [-0.2, -0.15) is 0 Å².